The first-order valence-electron chi connectivity index (χ1n) is 5.01. The Bertz CT molecular complexity index is 262. The maximum atomic E-state index is 10.5. The largest absolute Gasteiger partial charge is 0.495 e. The average Bonchev–Trinajstić information content (AvgIpc) is 2.32. The molecule has 1 N–H and O–H groups in total. The lowest BCUT2D eigenvalue weighted by Crippen LogP contribution is -2.19. The van der Waals surface area contributed by atoms with Gasteiger partial charge < -0.3 is 14.0 Å². The molecule has 1 aliphatic rings. The van der Waals surface area contributed by atoms with Crippen molar-refractivity contribution < 1.29 is 18.8 Å². The lowest BCUT2D eigenvalue weighted by Gasteiger charge is -2.10. The summed E-state index contributed by atoms with van der Waals surface area (Å²) in [4.78, 5) is 11.6. The molecule has 0 bridgehead atoms. The molecule has 1 unspecified atom stereocenters. The molecule has 0 saturated carbocycles. The van der Waals surface area contributed by atoms with Crippen LogP contribution < -0.4 is 0 Å². The van der Waals surface area contributed by atoms with Crippen LogP contribution in [0.2, 0.25) is 0 Å². The van der Waals surface area contributed by atoms with Gasteiger partial charge in [0.2, 0.25) is 0 Å². The molecule has 0 saturated heterocycles. The van der Waals surface area contributed by atoms with E-state index in [0.717, 1.165) is 23.5 Å². The van der Waals surface area contributed by atoms with Crippen LogP contribution in [0.25, 0.3) is 0 Å². The first-order valence-corrected chi connectivity index (χ1v) is 5.75. The fraction of sp³-hybridized carbons (Fsp3) is 0.700. The van der Waals surface area contributed by atoms with Crippen molar-refractivity contribution in [1.29, 1.82) is 0 Å². The first kappa shape index (κ1) is 12.4. The van der Waals surface area contributed by atoms with Crippen molar-refractivity contribution in [3.05, 3.63) is 10.7 Å². The molecule has 1 atom stereocenters. The van der Waals surface area contributed by atoms with E-state index in [9.17, 15) is 4.79 Å². The number of rotatable bonds is 4. The number of carbonyl (C=O) groups is 1. The summed E-state index contributed by atoms with van der Waals surface area (Å²) in [7, 11) is 0. The van der Waals surface area contributed by atoms with Crippen molar-refractivity contribution in [2.45, 2.75) is 39.2 Å². The summed E-state index contributed by atoms with van der Waals surface area (Å²) in [6, 6.07) is 0. The van der Waals surface area contributed by atoms with Gasteiger partial charge in [-0.25, -0.2) is 0 Å². The fourth-order valence-electron chi connectivity index (χ4n) is 1.24. The smallest absolute Gasteiger partial charge is 0.306 e. The van der Waals surface area contributed by atoms with Crippen molar-refractivity contribution in [2.75, 3.05) is 6.61 Å². The second-order valence-electron chi connectivity index (χ2n) is 3.44. The van der Waals surface area contributed by atoms with Gasteiger partial charge in [-0.2, -0.15) is 0 Å². The van der Waals surface area contributed by atoms with Crippen molar-refractivity contribution in [2.24, 2.45) is 0 Å². The zero-order chi connectivity index (χ0) is 11.3. The van der Waals surface area contributed by atoms with E-state index in [4.69, 9.17) is 14.0 Å². The van der Waals surface area contributed by atoms with E-state index in [1.165, 1.54) is 12.0 Å². The van der Waals surface area contributed by atoms with E-state index in [-0.39, 0.29) is 12.5 Å². The molecule has 0 fully saturated rings. The van der Waals surface area contributed by atoms with Crippen molar-refractivity contribution >= 4 is 18.0 Å². The van der Waals surface area contributed by atoms with Gasteiger partial charge in [-0.05, 0) is 13.3 Å². The fourth-order valence-corrected chi connectivity index (χ4v) is 2.08. The second kappa shape index (κ2) is 6.02. The highest BCUT2D eigenvalue weighted by atomic mass is 32.2. The van der Waals surface area contributed by atoms with Crippen LogP contribution in [0.1, 0.15) is 33.1 Å². The molecule has 0 aliphatic carbocycles. The highest BCUT2D eigenvalue weighted by Crippen LogP contribution is 2.31. The van der Waals surface area contributed by atoms with Crippen molar-refractivity contribution in [1.82, 2.24) is 0 Å². The van der Waals surface area contributed by atoms with E-state index in [0.29, 0.717) is 6.61 Å². The van der Waals surface area contributed by atoms with E-state index >= 15 is 0 Å². The molecule has 0 aromatic heterocycles. The number of allylic oxidation sites excluding steroid dienone is 2. The third kappa shape index (κ3) is 4.13. The third-order valence-electron chi connectivity index (χ3n) is 2.04. The Kier molecular flexibility index (Phi) is 4.98. The van der Waals surface area contributed by atoms with Crippen molar-refractivity contribution in [3.63, 3.8) is 0 Å². The van der Waals surface area contributed by atoms with Crippen LogP contribution >= 0.6 is 12.0 Å². The monoisotopic (exact) mass is 232 g/mol. The minimum Gasteiger partial charge on any atom is -0.495 e. The standard InChI is InChI=1S/C10H16O4S/c1-3-4-9-7(2)13-6-8(14-15-9)5-10(11)12/h8H,3-6H2,1-2H3,(H,11,12). The molecule has 4 nitrogen and oxygen atoms in total. The summed E-state index contributed by atoms with van der Waals surface area (Å²) in [6.45, 7) is 4.29. The zero-order valence-electron chi connectivity index (χ0n) is 8.99. The third-order valence-corrected chi connectivity index (χ3v) is 3.10. The Morgan fingerprint density at radius 3 is 3.00 bits per heavy atom. The number of ether oxygens (including phenoxy) is 1. The first-order chi connectivity index (χ1) is 7.13. The normalized spacial score (nSPS) is 22.1. The molecule has 0 radical (unpaired) electrons. The quantitative estimate of drug-likeness (QED) is 0.755. The van der Waals surface area contributed by atoms with Crippen molar-refractivity contribution in [3.8, 4) is 0 Å². The maximum absolute atomic E-state index is 10.5. The summed E-state index contributed by atoms with van der Waals surface area (Å²) in [5.74, 6) is -0.00414. The molecular weight excluding hydrogens is 216 g/mol. The maximum Gasteiger partial charge on any atom is 0.306 e. The molecule has 0 spiro atoms. The van der Waals surface area contributed by atoms with Crippen LogP contribution in [0.15, 0.2) is 10.7 Å². The van der Waals surface area contributed by atoms with Crippen LogP contribution in [-0.4, -0.2) is 23.8 Å². The Labute approximate surface area is 93.8 Å². The molecule has 1 aliphatic heterocycles. The predicted molar refractivity (Wildman–Crippen MR) is 58.3 cm³/mol. The van der Waals surface area contributed by atoms with Gasteiger partial charge in [-0.3, -0.25) is 4.79 Å². The predicted octanol–water partition coefficient (Wildman–Crippen LogP) is 2.56. The minimum atomic E-state index is -0.860. The van der Waals surface area contributed by atoms with E-state index in [1.54, 1.807) is 0 Å². The topological polar surface area (TPSA) is 55.8 Å². The van der Waals surface area contributed by atoms with Crippen LogP contribution in [0.3, 0.4) is 0 Å². The van der Waals surface area contributed by atoms with Gasteiger partial charge in [-0.15, -0.1) is 0 Å². The number of aliphatic carboxylic acids is 1. The SMILES string of the molecule is CCCC1=C(C)OCC(CC(=O)O)OS1. The van der Waals surface area contributed by atoms with Crippen LogP contribution in [0.4, 0.5) is 0 Å². The van der Waals surface area contributed by atoms with Crippen LogP contribution in [0, 0.1) is 0 Å². The van der Waals surface area contributed by atoms with Gasteiger partial charge in [0.1, 0.15) is 18.5 Å². The highest BCUT2D eigenvalue weighted by Gasteiger charge is 2.21. The van der Waals surface area contributed by atoms with Gasteiger partial charge in [-0.1, -0.05) is 13.3 Å². The molecule has 5 heteroatoms. The number of carboxylic acid groups (broad SMARTS) is 1. The molecule has 1 heterocycles. The van der Waals surface area contributed by atoms with Crippen LogP contribution in [0.5, 0.6) is 0 Å². The molecule has 0 aromatic carbocycles. The number of hydrogen-bond donors (Lipinski definition) is 1. The Balaban J connectivity index is 2.50. The van der Waals surface area contributed by atoms with Gasteiger partial charge in [0.05, 0.1) is 11.3 Å². The molecule has 15 heavy (non-hydrogen) atoms. The average molecular weight is 232 g/mol. The van der Waals surface area contributed by atoms with Gasteiger partial charge in [0, 0.05) is 12.0 Å². The highest BCUT2D eigenvalue weighted by molar-refractivity contribution is 7.98. The summed E-state index contributed by atoms with van der Waals surface area (Å²) in [5, 5.41) is 8.63. The van der Waals surface area contributed by atoms with Gasteiger partial charge in [0.25, 0.3) is 0 Å². The lowest BCUT2D eigenvalue weighted by molar-refractivity contribution is -0.139. The van der Waals surface area contributed by atoms with E-state index < -0.39 is 5.97 Å². The van der Waals surface area contributed by atoms with Gasteiger partial charge in [0.15, 0.2) is 0 Å². The summed E-state index contributed by atoms with van der Waals surface area (Å²) >= 11 is 1.26. The summed E-state index contributed by atoms with van der Waals surface area (Å²) < 4.78 is 10.9. The minimum absolute atomic E-state index is 0.0142. The Hall–Kier alpha value is -0.680. The molecule has 1 rings (SSSR count). The molecule has 86 valence electrons. The Morgan fingerprint density at radius 1 is 1.67 bits per heavy atom. The number of hydrogen-bond acceptors (Lipinski definition) is 4. The Morgan fingerprint density at radius 2 is 2.40 bits per heavy atom. The van der Waals surface area contributed by atoms with E-state index in [2.05, 4.69) is 6.92 Å². The van der Waals surface area contributed by atoms with Crippen LogP contribution in [-0.2, 0) is 13.7 Å². The second-order valence-corrected chi connectivity index (χ2v) is 4.29. The summed E-state index contributed by atoms with van der Waals surface area (Å²) in [6.07, 6.45) is 1.56. The molecular formula is C10H16O4S. The lowest BCUT2D eigenvalue weighted by atomic mass is 10.2. The van der Waals surface area contributed by atoms with E-state index in [1.807, 2.05) is 6.92 Å². The van der Waals surface area contributed by atoms with Gasteiger partial charge >= 0.3 is 5.97 Å². The molecule has 0 aromatic rings. The zero-order valence-corrected chi connectivity index (χ0v) is 9.80. The number of carboxylic acids is 1. The summed E-state index contributed by atoms with van der Waals surface area (Å²) in [5.41, 5.74) is 0. The molecule has 0 amide bonds.